The second-order valence-electron chi connectivity index (χ2n) is 4.40. The summed E-state index contributed by atoms with van der Waals surface area (Å²) in [5.41, 5.74) is 2.79. The third kappa shape index (κ3) is 3.32. The minimum atomic E-state index is 0.597. The van der Waals surface area contributed by atoms with Crippen molar-refractivity contribution in [2.45, 2.75) is 6.54 Å². The van der Waals surface area contributed by atoms with E-state index < -0.39 is 0 Å². The van der Waals surface area contributed by atoms with Gasteiger partial charge >= 0.3 is 0 Å². The molecule has 106 valence electrons. The van der Waals surface area contributed by atoms with Crippen molar-refractivity contribution >= 4 is 28.9 Å². The second-order valence-corrected chi connectivity index (χ2v) is 5.28. The average molecular weight is 320 g/mol. The van der Waals surface area contributed by atoms with E-state index >= 15 is 0 Å². The van der Waals surface area contributed by atoms with Gasteiger partial charge in [0.15, 0.2) is 0 Å². The van der Waals surface area contributed by atoms with Gasteiger partial charge in [-0.25, -0.2) is 0 Å². The molecule has 0 atom stereocenters. The lowest BCUT2D eigenvalue weighted by molar-refractivity contribution is 0.789. The van der Waals surface area contributed by atoms with E-state index in [2.05, 4.69) is 20.8 Å². The highest BCUT2D eigenvalue weighted by Crippen LogP contribution is 2.22. The first kappa shape index (κ1) is 13.9. The van der Waals surface area contributed by atoms with Gasteiger partial charge in [-0.05, 0) is 46.3 Å². The molecule has 0 aliphatic carbocycles. The number of halogens is 2. The van der Waals surface area contributed by atoms with Crippen molar-refractivity contribution in [3.05, 3.63) is 64.4 Å². The number of benzene rings is 2. The maximum absolute atomic E-state index is 6.00. The van der Waals surface area contributed by atoms with E-state index in [1.165, 1.54) is 0 Å². The third-order valence-electron chi connectivity index (χ3n) is 2.91. The lowest BCUT2D eigenvalue weighted by Gasteiger charge is -2.11. The molecule has 5 nitrogen and oxygen atoms in total. The van der Waals surface area contributed by atoms with E-state index in [0.717, 1.165) is 16.9 Å². The molecule has 0 aliphatic rings. The highest BCUT2D eigenvalue weighted by atomic mass is 35.5. The smallest absolute Gasteiger partial charge is 0.143 e. The van der Waals surface area contributed by atoms with Crippen molar-refractivity contribution in [3.8, 4) is 5.69 Å². The van der Waals surface area contributed by atoms with Gasteiger partial charge in [0.1, 0.15) is 6.33 Å². The maximum atomic E-state index is 6.00. The molecule has 1 heterocycles. The van der Waals surface area contributed by atoms with Gasteiger partial charge in [-0.1, -0.05) is 35.3 Å². The van der Waals surface area contributed by atoms with Gasteiger partial charge in [-0.3, -0.25) is 0 Å². The van der Waals surface area contributed by atoms with Crippen molar-refractivity contribution < 1.29 is 0 Å². The summed E-state index contributed by atoms with van der Waals surface area (Å²) in [6.45, 7) is 0.597. The van der Waals surface area contributed by atoms with Crippen LogP contribution in [0.3, 0.4) is 0 Å². The summed E-state index contributed by atoms with van der Waals surface area (Å²) < 4.78 is 1.60. The Kier molecular flexibility index (Phi) is 4.03. The van der Waals surface area contributed by atoms with E-state index in [-0.39, 0.29) is 0 Å². The first-order valence-electron chi connectivity index (χ1n) is 6.23. The Morgan fingerprint density at radius 1 is 1.05 bits per heavy atom. The lowest BCUT2D eigenvalue weighted by Crippen LogP contribution is -2.05. The summed E-state index contributed by atoms with van der Waals surface area (Å²) in [5, 5.41) is 15.8. The van der Waals surface area contributed by atoms with E-state index in [1.807, 2.05) is 36.4 Å². The zero-order valence-electron chi connectivity index (χ0n) is 10.9. The molecular formula is C14H11Cl2N5. The fourth-order valence-electron chi connectivity index (χ4n) is 2.00. The Bertz CT molecular complexity index is 723. The molecule has 0 spiro atoms. The van der Waals surface area contributed by atoms with Crippen LogP contribution < -0.4 is 5.32 Å². The first-order chi connectivity index (χ1) is 10.2. The predicted octanol–water partition coefficient (Wildman–Crippen LogP) is 3.58. The summed E-state index contributed by atoms with van der Waals surface area (Å²) in [6.07, 6.45) is 1.55. The SMILES string of the molecule is Clc1cc(Cl)cc(CNc2ccccc2-n2cnnn2)c1. The number of hydrogen-bond acceptors (Lipinski definition) is 4. The summed E-state index contributed by atoms with van der Waals surface area (Å²) in [4.78, 5) is 0. The summed E-state index contributed by atoms with van der Waals surface area (Å²) in [5.74, 6) is 0. The van der Waals surface area contributed by atoms with E-state index in [1.54, 1.807) is 17.1 Å². The predicted molar refractivity (Wildman–Crippen MR) is 82.9 cm³/mol. The van der Waals surface area contributed by atoms with Crippen molar-refractivity contribution in [1.82, 2.24) is 20.2 Å². The van der Waals surface area contributed by atoms with E-state index in [4.69, 9.17) is 23.2 Å². The summed E-state index contributed by atoms with van der Waals surface area (Å²) >= 11 is 12.0. The molecule has 0 amide bonds. The van der Waals surface area contributed by atoms with Crippen molar-refractivity contribution in [1.29, 1.82) is 0 Å². The molecule has 0 saturated carbocycles. The molecule has 0 bridgehead atoms. The van der Waals surface area contributed by atoms with Crippen LogP contribution in [0, 0.1) is 0 Å². The van der Waals surface area contributed by atoms with Crippen LogP contribution in [-0.2, 0) is 6.54 Å². The van der Waals surface area contributed by atoms with Gasteiger partial charge in [-0.2, -0.15) is 4.68 Å². The Labute approximate surface area is 131 Å². The number of hydrogen-bond donors (Lipinski definition) is 1. The van der Waals surface area contributed by atoms with Gasteiger partial charge < -0.3 is 5.32 Å². The molecule has 2 aromatic carbocycles. The van der Waals surface area contributed by atoms with Crippen molar-refractivity contribution in [2.75, 3.05) is 5.32 Å². The van der Waals surface area contributed by atoms with Crippen LogP contribution in [0.15, 0.2) is 48.8 Å². The van der Waals surface area contributed by atoms with E-state index in [0.29, 0.717) is 16.6 Å². The fraction of sp³-hybridized carbons (Fsp3) is 0.0714. The van der Waals surface area contributed by atoms with Crippen LogP contribution in [-0.4, -0.2) is 20.2 Å². The zero-order valence-corrected chi connectivity index (χ0v) is 12.4. The minimum Gasteiger partial charge on any atom is -0.379 e. The third-order valence-corrected chi connectivity index (χ3v) is 3.34. The standard InChI is InChI=1S/C14H11Cl2N5/c15-11-5-10(6-12(16)7-11)8-17-13-3-1-2-4-14(13)21-9-18-19-20-21/h1-7,9,17H,8H2. The topological polar surface area (TPSA) is 55.6 Å². The number of nitrogens with zero attached hydrogens (tertiary/aromatic N) is 4. The van der Waals surface area contributed by atoms with Crippen LogP contribution in [0.25, 0.3) is 5.69 Å². The van der Waals surface area contributed by atoms with Crippen molar-refractivity contribution in [2.24, 2.45) is 0 Å². The fourth-order valence-corrected chi connectivity index (χ4v) is 2.58. The van der Waals surface area contributed by atoms with Crippen LogP contribution >= 0.6 is 23.2 Å². The number of rotatable bonds is 4. The van der Waals surface area contributed by atoms with Crippen LogP contribution in [0.1, 0.15) is 5.56 Å². The number of anilines is 1. The highest BCUT2D eigenvalue weighted by Gasteiger charge is 2.05. The quantitative estimate of drug-likeness (QED) is 0.798. The molecule has 0 fully saturated rings. The van der Waals surface area contributed by atoms with Gasteiger partial charge in [0, 0.05) is 16.6 Å². The number of nitrogens with one attached hydrogen (secondary N) is 1. The van der Waals surface area contributed by atoms with Gasteiger partial charge in [0.25, 0.3) is 0 Å². The molecule has 1 aromatic heterocycles. The van der Waals surface area contributed by atoms with Crippen LogP contribution in [0.5, 0.6) is 0 Å². The molecule has 21 heavy (non-hydrogen) atoms. The summed E-state index contributed by atoms with van der Waals surface area (Å²) in [7, 11) is 0. The normalized spacial score (nSPS) is 10.6. The van der Waals surface area contributed by atoms with Crippen molar-refractivity contribution in [3.63, 3.8) is 0 Å². The monoisotopic (exact) mass is 319 g/mol. The molecule has 7 heteroatoms. The molecule has 0 saturated heterocycles. The maximum Gasteiger partial charge on any atom is 0.143 e. The number of para-hydroxylation sites is 2. The number of tetrazole rings is 1. The molecule has 0 aliphatic heterocycles. The van der Waals surface area contributed by atoms with E-state index in [9.17, 15) is 0 Å². The lowest BCUT2D eigenvalue weighted by atomic mass is 10.2. The molecule has 1 N–H and O–H groups in total. The summed E-state index contributed by atoms with van der Waals surface area (Å²) in [6, 6.07) is 13.2. The average Bonchev–Trinajstić information content (AvgIpc) is 2.98. The molecular weight excluding hydrogens is 309 g/mol. The molecule has 3 aromatic rings. The van der Waals surface area contributed by atoms with Gasteiger partial charge in [0.2, 0.25) is 0 Å². The first-order valence-corrected chi connectivity index (χ1v) is 6.99. The van der Waals surface area contributed by atoms with Gasteiger partial charge in [-0.15, -0.1) is 5.10 Å². The second kappa shape index (κ2) is 6.11. The van der Waals surface area contributed by atoms with Crippen LogP contribution in [0.2, 0.25) is 10.0 Å². The van der Waals surface area contributed by atoms with Crippen LogP contribution in [0.4, 0.5) is 5.69 Å². The highest BCUT2D eigenvalue weighted by molar-refractivity contribution is 6.34. The van der Waals surface area contributed by atoms with Gasteiger partial charge in [0.05, 0.1) is 11.4 Å². The number of aromatic nitrogens is 4. The Morgan fingerprint density at radius 2 is 1.81 bits per heavy atom. The zero-order chi connectivity index (χ0) is 14.7. The molecule has 3 rings (SSSR count). The Hall–Kier alpha value is -2.11. The molecule has 0 unspecified atom stereocenters. The largest absolute Gasteiger partial charge is 0.379 e. The molecule has 0 radical (unpaired) electrons. The Balaban J connectivity index is 1.82. The Morgan fingerprint density at radius 3 is 2.52 bits per heavy atom. The minimum absolute atomic E-state index is 0.597.